The normalized spacial score (nSPS) is 29.5. The Balaban J connectivity index is 0.000000208. The molecule has 0 N–H and O–H groups in total. The van der Waals surface area contributed by atoms with Crippen LogP contribution in [0.3, 0.4) is 0 Å². The molecule has 2 atom stereocenters. The SMILES string of the molecule is CC(C)(C)C(=O)C[S+]1CCC(=O)CC1.CC1(C)C2CCC1(CS(=O)(=O)[O-])C(=O)C2. The van der Waals surface area contributed by atoms with Crippen molar-refractivity contribution in [2.45, 2.75) is 66.7 Å². The molecular formula is C21H34O6S2. The molecule has 0 spiro atoms. The predicted octanol–water partition coefficient (Wildman–Crippen LogP) is 2.51. The van der Waals surface area contributed by atoms with Crippen LogP contribution in [-0.2, 0) is 35.4 Å². The summed E-state index contributed by atoms with van der Waals surface area (Å²) in [6.07, 6.45) is 3.27. The lowest BCUT2D eigenvalue weighted by Gasteiger charge is -2.37. The molecule has 1 aliphatic heterocycles. The highest BCUT2D eigenvalue weighted by Crippen LogP contribution is 2.64. The second kappa shape index (κ2) is 8.42. The van der Waals surface area contributed by atoms with Gasteiger partial charge in [-0.25, -0.2) is 8.42 Å². The van der Waals surface area contributed by atoms with Gasteiger partial charge >= 0.3 is 0 Å². The van der Waals surface area contributed by atoms with Gasteiger partial charge in [0.1, 0.15) is 23.1 Å². The molecular weight excluding hydrogens is 412 g/mol. The molecule has 166 valence electrons. The second-order valence-corrected chi connectivity index (χ2v) is 14.0. The summed E-state index contributed by atoms with van der Waals surface area (Å²) in [7, 11) is -4.14. The zero-order valence-corrected chi connectivity index (χ0v) is 19.8. The van der Waals surface area contributed by atoms with E-state index in [0.29, 0.717) is 43.0 Å². The van der Waals surface area contributed by atoms with E-state index in [-0.39, 0.29) is 33.4 Å². The van der Waals surface area contributed by atoms with Crippen LogP contribution in [0.4, 0.5) is 0 Å². The first-order valence-corrected chi connectivity index (χ1v) is 13.6. The number of hydrogen-bond acceptors (Lipinski definition) is 6. The van der Waals surface area contributed by atoms with Crippen molar-refractivity contribution in [3.8, 4) is 0 Å². The van der Waals surface area contributed by atoms with Gasteiger partial charge in [0.05, 0.1) is 28.7 Å². The Morgan fingerprint density at radius 1 is 1.17 bits per heavy atom. The third-order valence-corrected chi connectivity index (χ3v) is 10.2. The van der Waals surface area contributed by atoms with Gasteiger partial charge in [0.25, 0.3) is 0 Å². The Kier molecular flexibility index (Phi) is 7.13. The molecule has 1 saturated heterocycles. The lowest BCUT2D eigenvalue weighted by molar-refractivity contribution is -0.128. The minimum absolute atomic E-state index is 0.0248. The molecule has 0 aromatic rings. The molecule has 2 bridgehead atoms. The van der Waals surface area contributed by atoms with Crippen molar-refractivity contribution in [1.82, 2.24) is 0 Å². The van der Waals surface area contributed by atoms with E-state index < -0.39 is 21.3 Å². The standard InChI is InChI=1S/C11H19O2S.C10H16O4S/c1-11(2,3)10(13)8-14-6-4-9(12)5-7-14;1-9(2)7-3-4-10(9,8(11)5-7)6-15(12,13)14/h4-8H2,1-3H3;7H,3-6H2,1-2H3,(H,12,13,14)/q+1;/p-1. The molecule has 0 aromatic heterocycles. The minimum atomic E-state index is -4.33. The second-order valence-electron chi connectivity index (χ2n) is 10.2. The van der Waals surface area contributed by atoms with Gasteiger partial charge in [0.2, 0.25) is 0 Å². The molecule has 0 amide bonds. The minimum Gasteiger partial charge on any atom is -0.748 e. The van der Waals surface area contributed by atoms with Crippen molar-refractivity contribution in [3.63, 3.8) is 0 Å². The summed E-state index contributed by atoms with van der Waals surface area (Å²) in [5.41, 5.74) is -1.44. The van der Waals surface area contributed by atoms with E-state index in [1.54, 1.807) is 0 Å². The molecule has 3 aliphatic rings. The first-order valence-electron chi connectivity index (χ1n) is 10.2. The summed E-state index contributed by atoms with van der Waals surface area (Å²) in [6.45, 7) is 9.73. The number of carbonyl (C=O) groups excluding carboxylic acids is 3. The van der Waals surface area contributed by atoms with Crippen molar-refractivity contribution in [2.75, 3.05) is 23.0 Å². The van der Waals surface area contributed by atoms with E-state index in [0.717, 1.165) is 17.9 Å². The van der Waals surface area contributed by atoms with E-state index in [1.807, 2.05) is 34.6 Å². The summed E-state index contributed by atoms with van der Waals surface area (Å²) in [5.74, 6) is 3.02. The van der Waals surface area contributed by atoms with Gasteiger partial charge in [0, 0.05) is 17.3 Å². The van der Waals surface area contributed by atoms with E-state index in [9.17, 15) is 27.4 Å². The highest BCUT2D eigenvalue weighted by Gasteiger charge is 2.64. The number of hydrogen-bond donors (Lipinski definition) is 0. The fourth-order valence-electron chi connectivity index (χ4n) is 4.70. The van der Waals surface area contributed by atoms with Gasteiger partial charge in [-0.15, -0.1) is 0 Å². The molecule has 3 rings (SSSR count). The summed E-state index contributed by atoms with van der Waals surface area (Å²) in [4.78, 5) is 34.6. The van der Waals surface area contributed by atoms with Crippen molar-refractivity contribution in [2.24, 2.45) is 22.2 Å². The predicted molar refractivity (Wildman–Crippen MR) is 114 cm³/mol. The topological polar surface area (TPSA) is 108 Å². The maximum atomic E-state index is 11.8. The molecule has 2 unspecified atom stereocenters. The van der Waals surface area contributed by atoms with E-state index in [2.05, 4.69) is 0 Å². The fourth-order valence-corrected chi connectivity index (χ4v) is 8.31. The van der Waals surface area contributed by atoms with E-state index in [4.69, 9.17) is 0 Å². The van der Waals surface area contributed by atoms with Crippen molar-refractivity contribution >= 4 is 38.4 Å². The molecule has 2 aliphatic carbocycles. The van der Waals surface area contributed by atoms with Crippen molar-refractivity contribution in [1.29, 1.82) is 0 Å². The number of rotatable bonds is 4. The van der Waals surface area contributed by atoms with E-state index in [1.165, 1.54) is 0 Å². The molecule has 1 heterocycles. The summed E-state index contributed by atoms with van der Waals surface area (Å²) in [6, 6.07) is 0. The van der Waals surface area contributed by atoms with Gasteiger partial charge < -0.3 is 4.55 Å². The fraction of sp³-hybridized carbons (Fsp3) is 0.857. The van der Waals surface area contributed by atoms with Gasteiger partial charge in [-0.2, -0.15) is 0 Å². The lowest BCUT2D eigenvalue weighted by atomic mass is 9.70. The molecule has 3 fully saturated rings. The zero-order chi connectivity index (χ0) is 22.3. The first-order chi connectivity index (χ1) is 13.1. The van der Waals surface area contributed by atoms with Gasteiger partial charge in [-0.05, 0) is 35.1 Å². The summed E-state index contributed by atoms with van der Waals surface area (Å²) >= 11 is 0. The van der Waals surface area contributed by atoms with Crippen LogP contribution in [0.25, 0.3) is 0 Å². The monoisotopic (exact) mass is 446 g/mol. The number of fused-ring (bicyclic) bond motifs is 2. The highest BCUT2D eigenvalue weighted by atomic mass is 32.2. The smallest absolute Gasteiger partial charge is 0.187 e. The average Bonchev–Trinajstić information content (AvgIpc) is 2.89. The zero-order valence-electron chi connectivity index (χ0n) is 18.2. The Morgan fingerprint density at radius 3 is 2.10 bits per heavy atom. The van der Waals surface area contributed by atoms with Crippen molar-refractivity contribution < 1.29 is 27.4 Å². The van der Waals surface area contributed by atoms with Gasteiger partial charge in [-0.3, -0.25) is 14.4 Å². The first kappa shape index (κ1) is 24.5. The Morgan fingerprint density at radius 2 is 1.72 bits per heavy atom. The van der Waals surface area contributed by atoms with Crippen LogP contribution < -0.4 is 0 Å². The van der Waals surface area contributed by atoms with Crippen LogP contribution >= 0.6 is 0 Å². The van der Waals surface area contributed by atoms with Crippen LogP contribution in [0, 0.1) is 22.2 Å². The van der Waals surface area contributed by atoms with Crippen LogP contribution in [0.1, 0.15) is 66.7 Å². The maximum Gasteiger partial charge on any atom is 0.187 e. The summed E-state index contributed by atoms with van der Waals surface area (Å²) in [5, 5.41) is 0. The Labute approximate surface area is 177 Å². The average molecular weight is 447 g/mol. The third-order valence-electron chi connectivity index (χ3n) is 7.07. The van der Waals surface area contributed by atoms with Crippen LogP contribution in [0.5, 0.6) is 0 Å². The maximum absolute atomic E-state index is 11.8. The Hall–Kier alpha value is -0.730. The molecule has 0 aromatic carbocycles. The Bertz CT molecular complexity index is 767. The van der Waals surface area contributed by atoms with Gasteiger partial charge in [-0.1, -0.05) is 34.6 Å². The van der Waals surface area contributed by atoms with Gasteiger partial charge in [0.15, 0.2) is 11.5 Å². The van der Waals surface area contributed by atoms with Crippen molar-refractivity contribution in [3.05, 3.63) is 0 Å². The number of Topliss-reactive ketones (excluding diaryl/α,β-unsaturated/α-hetero) is 3. The van der Waals surface area contributed by atoms with Crippen LogP contribution in [-0.4, -0.2) is 53.3 Å². The largest absolute Gasteiger partial charge is 0.748 e. The lowest BCUT2D eigenvalue weighted by Crippen LogP contribution is -2.42. The number of carbonyl (C=O) groups is 3. The quantitative estimate of drug-likeness (QED) is 0.485. The van der Waals surface area contributed by atoms with Crippen LogP contribution in [0.15, 0.2) is 0 Å². The van der Waals surface area contributed by atoms with E-state index >= 15 is 0 Å². The molecule has 6 nitrogen and oxygen atoms in total. The molecule has 29 heavy (non-hydrogen) atoms. The molecule has 8 heteroatoms. The third kappa shape index (κ3) is 5.50. The molecule has 0 radical (unpaired) electrons. The number of ketones is 3. The summed E-state index contributed by atoms with van der Waals surface area (Å²) < 4.78 is 32.7. The van der Waals surface area contributed by atoms with Crippen LogP contribution in [0.2, 0.25) is 0 Å². The highest BCUT2D eigenvalue weighted by molar-refractivity contribution is 7.97. The molecule has 2 saturated carbocycles.